The summed E-state index contributed by atoms with van der Waals surface area (Å²) >= 11 is 6.66. The van der Waals surface area contributed by atoms with Gasteiger partial charge in [0.25, 0.3) is 5.92 Å². The molecular weight excluding hydrogens is 940 g/mol. The third kappa shape index (κ3) is 9.32. The van der Waals surface area contributed by atoms with Crippen LogP contribution in [0.25, 0.3) is 22.0 Å². The minimum Gasteiger partial charge on any atom is -0.346 e. The zero-order chi connectivity index (χ0) is 47.8. The summed E-state index contributed by atoms with van der Waals surface area (Å²) in [6.45, 7) is 0.810. The van der Waals surface area contributed by atoms with Crippen LogP contribution < -0.4 is 14.9 Å². The van der Waals surface area contributed by atoms with Gasteiger partial charge in [-0.15, -0.1) is 0 Å². The number of anilines is 1. The topological polar surface area (TPSA) is 147 Å². The summed E-state index contributed by atoms with van der Waals surface area (Å²) < 4.78 is 173. The molecule has 0 bridgehead atoms. The van der Waals surface area contributed by atoms with Crippen LogP contribution in [-0.4, -0.2) is 94.8 Å². The Labute approximate surface area is 374 Å². The van der Waals surface area contributed by atoms with Crippen molar-refractivity contribution < 1.29 is 61.9 Å². The number of carbonyl (C=O) groups is 2. The molecule has 8 rings (SSSR count). The first-order valence-corrected chi connectivity index (χ1v) is 22.5. The molecule has 2 amide bonds. The lowest BCUT2D eigenvalue weighted by atomic mass is 9.93. The number of fused-ring (bicyclic) bond motifs is 4. The van der Waals surface area contributed by atoms with E-state index >= 15 is 8.78 Å². The van der Waals surface area contributed by atoms with Crippen LogP contribution in [0, 0.1) is 24.5 Å². The van der Waals surface area contributed by atoms with Crippen molar-refractivity contribution in [3.63, 3.8) is 0 Å². The number of carbonyl (C=O) groups excluding carboxylic acids is 2. The lowest BCUT2D eigenvalue weighted by Crippen LogP contribution is -2.45. The van der Waals surface area contributed by atoms with E-state index in [9.17, 15) is 53.1 Å². The highest BCUT2D eigenvalue weighted by atomic mass is 35.5. The molecule has 66 heavy (non-hydrogen) atoms. The number of sulfonamides is 1. The van der Waals surface area contributed by atoms with Gasteiger partial charge in [-0.3, -0.25) is 23.9 Å². The molecule has 25 heteroatoms. The van der Waals surface area contributed by atoms with E-state index in [4.69, 9.17) is 11.6 Å². The van der Waals surface area contributed by atoms with Crippen LogP contribution >= 0.6 is 11.6 Å². The van der Waals surface area contributed by atoms with Crippen LogP contribution in [0.3, 0.4) is 0 Å². The molecule has 0 radical (unpaired) electrons. The van der Waals surface area contributed by atoms with Gasteiger partial charge in [-0.05, 0) is 55.5 Å². The molecule has 5 aromatic rings. The molecule has 3 atom stereocenters. The lowest BCUT2D eigenvalue weighted by Gasteiger charge is -2.27. The highest BCUT2D eigenvalue weighted by Gasteiger charge is 2.68. The number of alkyl halides is 8. The van der Waals surface area contributed by atoms with Crippen molar-refractivity contribution in [1.82, 2.24) is 40.1 Å². The summed E-state index contributed by atoms with van der Waals surface area (Å²) in [5.74, 6) is -11.4. The smallest absolute Gasteiger partial charge is 0.346 e. The summed E-state index contributed by atoms with van der Waals surface area (Å²) in [5, 5.41) is 12.3. The Morgan fingerprint density at radius 3 is 2.29 bits per heavy atom. The summed E-state index contributed by atoms with van der Waals surface area (Å²) in [5.41, 5.74) is -4.20. The average Bonchev–Trinajstić information content (AvgIpc) is 3.72. The first kappa shape index (κ1) is 47.2. The number of halogens is 11. The average molecular weight is 978 g/mol. The van der Waals surface area contributed by atoms with Crippen LogP contribution in [0.4, 0.5) is 49.7 Å². The number of pyridine rings is 1. The number of nitrogens with one attached hydrogen (secondary N) is 2. The van der Waals surface area contributed by atoms with Crippen LogP contribution in [0.15, 0.2) is 42.5 Å². The van der Waals surface area contributed by atoms with Gasteiger partial charge < -0.3 is 15.5 Å². The van der Waals surface area contributed by atoms with Gasteiger partial charge in [0.1, 0.15) is 30.4 Å². The molecule has 2 fully saturated rings. The second kappa shape index (κ2) is 17.1. The molecule has 2 aromatic carbocycles. The molecule has 1 saturated carbocycles. The van der Waals surface area contributed by atoms with Crippen molar-refractivity contribution in [1.29, 1.82) is 0 Å². The normalized spacial score (nSPS) is 18.9. The summed E-state index contributed by atoms with van der Waals surface area (Å²) in [7, 11) is -4.61. The van der Waals surface area contributed by atoms with E-state index in [-0.39, 0.29) is 61.5 Å². The van der Waals surface area contributed by atoms with E-state index in [2.05, 4.69) is 25.8 Å². The van der Waals surface area contributed by atoms with Gasteiger partial charge in [-0.2, -0.15) is 49.6 Å². The van der Waals surface area contributed by atoms with Gasteiger partial charge >= 0.3 is 12.4 Å². The molecule has 2 N–H and O–H groups in total. The maximum absolute atomic E-state index is 15.4. The van der Waals surface area contributed by atoms with E-state index in [1.165, 1.54) is 31.2 Å². The van der Waals surface area contributed by atoms with Gasteiger partial charge in [-0.25, -0.2) is 17.2 Å². The van der Waals surface area contributed by atoms with E-state index in [0.29, 0.717) is 43.2 Å². The first-order chi connectivity index (χ1) is 30.8. The Bertz CT molecular complexity index is 2840. The maximum Gasteiger partial charge on any atom is 0.435 e. The highest BCUT2D eigenvalue weighted by Crippen LogP contribution is 2.68. The third-order valence-corrected chi connectivity index (χ3v) is 13.0. The van der Waals surface area contributed by atoms with Crippen molar-refractivity contribution in [2.75, 3.05) is 43.3 Å². The lowest BCUT2D eigenvalue weighted by molar-refractivity contribution is -0.143. The van der Waals surface area contributed by atoms with E-state index in [0.717, 1.165) is 12.1 Å². The number of aryl methyl sites for hydroxylation is 1. The van der Waals surface area contributed by atoms with Crippen LogP contribution in [0.2, 0.25) is 5.02 Å². The van der Waals surface area contributed by atoms with Crippen molar-refractivity contribution in [3.05, 3.63) is 93.0 Å². The number of aromatic nitrogens is 5. The standard InChI is InChI=1S/C41H38ClF10N9O4S/c1-20-3-4-24(25-5-6-28(42)33-35(25)60(19-39(45,46)47)57-38(33)61(66(2,64)65)31(63)7-10-58-11-8-53-9-12-58)34(54-20)29(15-21-13-22(43)16-23(44)14-21)55-30(62)18-59-37-32(36(56-59)41(50,51)52)26-17-27(26)40(37,48)49/h3-6,13-14,16,26-27,29,53H,7-12,15,17-19H2,1-2H3,(H,55,62)/t26-,27+,29-/m0/s1. The Hall–Kier alpha value is -5.33. The van der Waals surface area contributed by atoms with E-state index in [1.54, 1.807) is 0 Å². The van der Waals surface area contributed by atoms with Gasteiger partial charge in [0.2, 0.25) is 21.8 Å². The number of hydrogen-bond donors (Lipinski definition) is 2. The van der Waals surface area contributed by atoms with Crippen molar-refractivity contribution in [3.8, 4) is 11.1 Å². The van der Waals surface area contributed by atoms with Gasteiger partial charge in [0.15, 0.2) is 11.5 Å². The Morgan fingerprint density at radius 1 is 0.985 bits per heavy atom. The summed E-state index contributed by atoms with van der Waals surface area (Å²) in [6, 6.07) is 5.96. The fourth-order valence-corrected chi connectivity index (χ4v) is 10.0. The predicted molar refractivity (Wildman–Crippen MR) is 218 cm³/mol. The van der Waals surface area contributed by atoms with Crippen molar-refractivity contribution in [2.24, 2.45) is 5.92 Å². The number of piperazine rings is 1. The zero-order valence-corrected chi connectivity index (χ0v) is 36.2. The number of amides is 2. The third-order valence-electron chi connectivity index (χ3n) is 11.6. The van der Waals surface area contributed by atoms with Gasteiger partial charge in [0, 0.05) is 73.5 Å². The zero-order valence-electron chi connectivity index (χ0n) is 34.7. The molecule has 3 aliphatic rings. The molecule has 0 unspecified atom stereocenters. The number of benzene rings is 2. The highest BCUT2D eigenvalue weighted by molar-refractivity contribution is 7.92. The Balaban J connectivity index is 1.26. The number of nitrogens with zero attached hydrogens (tertiary/aromatic N) is 7. The minimum absolute atomic E-state index is 0.0961. The Morgan fingerprint density at radius 2 is 1.65 bits per heavy atom. The molecule has 1 aliphatic heterocycles. The summed E-state index contributed by atoms with van der Waals surface area (Å²) in [4.78, 5) is 34.2. The van der Waals surface area contributed by atoms with E-state index < -0.39 is 123 Å². The fraction of sp³-hybridized carbons (Fsp3) is 0.439. The largest absolute Gasteiger partial charge is 0.435 e. The minimum atomic E-state index is -5.15. The van der Waals surface area contributed by atoms with Crippen LogP contribution in [-0.2, 0) is 51.2 Å². The maximum atomic E-state index is 15.4. The molecule has 2 aliphatic carbocycles. The monoisotopic (exact) mass is 977 g/mol. The quantitative estimate of drug-likeness (QED) is 0.119. The van der Waals surface area contributed by atoms with E-state index in [1.807, 2.05) is 4.90 Å². The first-order valence-electron chi connectivity index (χ1n) is 20.3. The molecule has 4 heterocycles. The van der Waals surface area contributed by atoms with Gasteiger partial charge in [-0.1, -0.05) is 23.7 Å². The Kier molecular flexibility index (Phi) is 12.2. The number of hydrogen-bond acceptors (Lipinski definition) is 9. The molecule has 3 aromatic heterocycles. The van der Waals surface area contributed by atoms with Crippen molar-refractivity contribution >= 4 is 50.2 Å². The molecular formula is C41H38ClF10N9O4S. The van der Waals surface area contributed by atoms with Crippen LogP contribution in [0.5, 0.6) is 0 Å². The molecule has 354 valence electrons. The summed E-state index contributed by atoms with van der Waals surface area (Å²) in [6.07, 6.45) is -10.6. The molecule has 13 nitrogen and oxygen atoms in total. The van der Waals surface area contributed by atoms with Gasteiger partial charge in [0.05, 0.1) is 33.9 Å². The fourth-order valence-electron chi connectivity index (χ4n) is 8.88. The van der Waals surface area contributed by atoms with Crippen molar-refractivity contribution in [2.45, 2.75) is 69.5 Å². The number of rotatable bonds is 13. The van der Waals surface area contributed by atoms with Crippen LogP contribution in [0.1, 0.15) is 58.7 Å². The molecule has 0 spiro atoms. The second-order valence-corrected chi connectivity index (χ2v) is 18.7. The molecule has 1 saturated heterocycles. The SMILES string of the molecule is Cc1ccc(-c2ccc(Cl)c3c(N(C(=O)CCN4CCNCC4)S(C)(=O)=O)nn(CC(F)(F)F)c23)c([C@H](Cc2cc(F)cc(F)c2)NC(=O)Cn2nc(C(F)(F)F)c3c2C(F)(F)[C@@H]2C[C@H]32)n1. The predicted octanol–water partition coefficient (Wildman–Crippen LogP) is 7.01. The second-order valence-electron chi connectivity index (χ2n) is 16.5.